The molecule has 27 heavy (non-hydrogen) atoms. The summed E-state index contributed by atoms with van der Waals surface area (Å²) in [5.74, 6) is 0.561. The standard InChI is InChI=1S/C21H15BrClN3O/c1-12-8-18-19(11-17(12)23)26-20(25-18)13-4-3-7-16(10-13)24-21(27)14-5-2-6-15(22)9-14/h2-11H,1H3,(H,24,27)(H,25,26). The first kappa shape index (κ1) is 17.8. The summed E-state index contributed by atoms with van der Waals surface area (Å²) in [6, 6.07) is 18.7. The summed E-state index contributed by atoms with van der Waals surface area (Å²) in [6.07, 6.45) is 0. The minimum atomic E-state index is -0.166. The Kier molecular flexibility index (Phi) is 4.72. The molecule has 134 valence electrons. The summed E-state index contributed by atoms with van der Waals surface area (Å²) < 4.78 is 0.861. The SMILES string of the molecule is Cc1cc2[nH]c(-c3cccc(NC(=O)c4cccc(Br)c4)c3)nc2cc1Cl. The fourth-order valence-electron chi connectivity index (χ4n) is 2.85. The lowest BCUT2D eigenvalue weighted by atomic mass is 10.1. The number of nitrogens with zero attached hydrogens (tertiary/aromatic N) is 1. The van der Waals surface area contributed by atoms with Gasteiger partial charge >= 0.3 is 0 Å². The molecule has 1 aromatic heterocycles. The van der Waals surface area contributed by atoms with Gasteiger partial charge in [0, 0.05) is 26.3 Å². The van der Waals surface area contributed by atoms with Crippen molar-refractivity contribution in [3.63, 3.8) is 0 Å². The number of amides is 1. The Morgan fingerprint density at radius 1 is 1.11 bits per heavy atom. The smallest absolute Gasteiger partial charge is 0.255 e. The van der Waals surface area contributed by atoms with Crippen molar-refractivity contribution >= 4 is 50.2 Å². The number of rotatable bonds is 3. The zero-order valence-electron chi connectivity index (χ0n) is 14.4. The van der Waals surface area contributed by atoms with E-state index in [1.807, 2.05) is 55.5 Å². The summed E-state index contributed by atoms with van der Waals surface area (Å²) >= 11 is 9.57. The summed E-state index contributed by atoms with van der Waals surface area (Å²) in [7, 11) is 0. The zero-order valence-corrected chi connectivity index (χ0v) is 16.7. The van der Waals surface area contributed by atoms with Gasteiger partial charge in [0.2, 0.25) is 0 Å². The summed E-state index contributed by atoms with van der Waals surface area (Å²) in [5.41, 5.74) is 4.90. The van der Waals surface area contributed by atoms with Gasteiger partial charge in [-0.05, 0) is 55.0 Å². The van der Waals surface area contributed by atoms with Gasteiger partial charge in [0.1, 0.15) is 5.82 Å². The van der Waals surface area contributed by atoms with Gasteiger partial charge < -0.3 is 10.3 Å². The van der Waals surface area contributed by atoms with Crippen LogP contribution < -0.4 is 5.32 Å². The molecule has 4 aromatic rings. The first-order valence-corrected chi connectivity index (χ1v) is 9.50. The van der Waals surface area contributed by atoms with Crippen LogP contribution in [0.2, 0.25) is 5.02 Å². The van der Waals surface area contributed by atoms with Crippen LogP contribution in [0.25, 0.3) is 22.4 Å². The minimum Gasteiger partial charge on any atom is -0.338 e. The number of carbonyl (C=O) groups is 1. The molecule has 0 spiro atoms. The molecule has 6 heteroatoms. The number of halogens is 2. The molecule has 2 N–H and O–H groups in total. The summed E-state index contributed by atoms with van der Waals surface area (Å²) in [5, 5.41) is 3.62. The molecule has 0 aliphatic rings. The normalized spacial score (nSPS) is 10.9. The third kappa shape index (κ3) is 3.75. The molecule has 0 radical (unpaired) electrons. The predicted octanol–water partition coefficient (Wildman–Crippen LogP) is 6.21. The van der Waals surface area contributed by atoms with Gasteiger partial charge in [-0.15, -0.1) is 0 Å². The fourth-order valence-corrected chi connectivity index (χ4v) is 3.41. The second kappa shape index (κ2) is 7.18. The molecule has 0 saturated carbocycles. The van der Waals surface area contributed by atoms with Gasteiger partial charge in [0.25, 0.3) is 5.91 Å². The highest BCUT2D eigenvalue weighted by atomic mass is 79.9. The number of benzene rings is 3. The third-order valence-corrected chi connectivity index (χ3v) is 5.14. The van der Waals surface area contributed by atoms with Crippen LogP contribution in [0.4, 0.5) is 5.69 Å². The van der Waals surface area contributed by atoms with Crippen molar-refractivity contribution in [2.45, 2.75) is 6.92 Å². The Balaban J connectivity index is 1.63. The van der Waals surface area contributed by atoms with E-state index in [4.69, 9.17) is 11.6 Å². The number of aromatic nitrogens is 2. The number of aryl methyl sites for hydroxylation is 1. The monoisotopic (exact) mass is 439 g/mol. The molecule has 0 bridgehead atoms. The molecule has 3 aromatic carbocycles. The van der Waals surface area contributed by atoms with E-state index >= 15 is 0 Å². The molecule has 0 aliphatic heterocycles. The van der Waals surface area contributed by atoms with E-state index in [0.29, 0.717) is 16.3 Å². The van der Waals surface area contributed by atoms with Crippen LogP contribution >= 0.6 is 27.5 Å². The molecule has 0 aliphatic carbocycles. The number of hydrogen-bond donors (Lipinski definition) is 2. The Morgan fingerprint density at radius 3 is 2.74 bits per heavy atom. The fraction of sp³-hybridized carbons (Fsp3) is 0.0476. The number of fused-ring (bicyclic) bond motifs is 1. The van der Waals surface area contributed by atoms with Crippen molar-refractivity contribution in [1.29, 1.82) is 0 Å². The Bertz CT molecular complexity index is 1130. The van der Waals surface area contributed by atoms with E-state index in [0.717, 1.165) is 32.5 Å². The molecule has 4 rings (SSSR count). The molecule has 0 unspecified atom stereocenters. The number of H-pyrrole nitrogens is 1. The predicted molar refractivity (Wildman–Crippen MR) is 113 cm³/mol. The second-order valence-corrected chi connectivity index (χ2v) is 7.57. The quantitative estimate of drug-likeness (QED) is 0.398. The van der Waals surface area contributed by atoms with E-state index < -0.39 is 0 Å². The lowest BCUT2D eigenvalue weighted by molar-refractivity contribution is 0.102. The maximum absolute atomic E-state index is 12.5. The highest BCUT2D eigenvalue weighted by Gasteiger charge is 2.10. The van der Waals surface area contributed by atoms with Gasteiger partial charge in [-0.2, -0.15) is 0 Å². The Labute approximate surface area is 169 Å². The molecule has 0 fully saturated rings. The van der Waals surface area contributed by atoms with Gasteiger partial charge in [0.05, 0.1) is 11.0 Å². The van der Waals surface area contributed by atoms with Crippen molar-refractivity contribution in [3.05, 3.63) is 81.3 Å². The van der Waals surface area contributed by atoms with Gasteiger partial charge in [-0.1, -0.05) is 45.7 Å². The zero-order chi connectivity index (χ0) is 19.0. The lowest BCUT2D eigenvalue weighted by Crippen LogP contribution is -2.11. The number of imidazole rings is 1. The molecule has 1 amide bonds. The summed E-state index contributed by atoms with van der Waals surface area (Å²) in [6.45, 7) is 1.96. The third-order valence-electron chi connectivity index (χ3n) is 4.24. The number of carbonyl (C=O) groups excluding carboxylic acids is 1. The highest BCUT2D eigenvalue weighted by Crippen LogP contribution is 2.27. The molecule has 1 heterocycles. The minimum absolute atomic E-state index is 0.166. The van der Waals surface area contributed by atoms with E-state index in [9.17, 15) is 4.79 Å². The second-order valence-electron chi connectivity index (χ2n) is 6.25. The van der Waals surface area contributed by atoms with Crippen LogP contribution in [0, 0.1) is 6.92 Å². The molecular formula is C21H15BrClN3O. The number of anilines is 1. The first-order chi connectivity index (χ1) is 13.0. The number of hydrogen-bond acceptors (Lipinski definition) is 2. The van der Waals surface area contributed by atoms with Crippen molar-refractivity contribution in [1.82, 2.24) is 9.97 Å². The van der Waals surface area contributed by atoms with Crippen molar-refractivity contribution in [2.24, 2.45) is 0 Å². The van der Waals surface area contributed by atoms with Gasteiger partial charge in [0.15, 0.2) is 0 Å². The van der Waals surface area contributed by atoms with Crippen molar-refractivity contribution < 1.29 is 4.79 Å². The molecular weight excluding hydrogens is 426 g/mol. The largest absolute Gasteiger partial charge is 0.338 e. The molecule has 0 atom stereocenters. The van der Waals surface area contributed by atoms with Crippen molar-refractivity contribution in [3.8, 4) is 11.4 Å². The maximum atomic E-state index is 12.5. The highest BCUT2D eigenvalue weighted by molar-refractivity contribution is 9.10. The Hall–Kier alpha value is -2.63. The van der Waals surface area contributed by atoms with Crippen LogP contribution in [-0.4, -0.2) is 15.9 Å². The van der Waals surface area contributed by atoms with Crippen LogP contribution in [0.1, 0.15) is 15.9 Å². The summed E-state index contributed by atoms with van der Waals surface area (Å²) in [4.78, 5) is 20.4. The van der Waals surface area contributed by atoms with E-state index in [2.05, 4.69) is 31.2 Å². The van der Waals surface area contributed by atoms with Crippen LogP contribution in [0.5, 0.6) is 0 Å². The average Bonchev–Trinajstić information content (AvgIpc) is 3.05. The van der Waals surface area contributed by atoms with Crippen molar-refractivity contribution in [2.75, 3.05) is 5.32 Å². The van der Waals surface area contributed by atoms with E-state index in [1.165, 1.54) is 0 Å². The maximum Gasteiger partial charge on any atom is 0.255 e. The Morgan fingerprint density at radius 2 is 1.93 bits per heavy atom. The topological polar surface area (TPSA) is 57.8 Å². The van der Waals surface area contributed by atoms with E-state index in [-0.39, 0.29) is 5.91 Å². The van der Waals surface area contributed by atoms with Gasteiger partial charge in [-0.25, -0.2) is 4.98 Å². The molecule has 0 saturated heterocycles. The number of aromatic amines is 1. The van der Waals surface area contributed by atoms with Crippen LogP contribution in [0.3, 0.4) is 0 Å². The van der Waals surface area contributed by atoms with Crippen LogP contribution in [0.15, 0.2) is 65.1 Å². The number of nitrogens with one attached hydrogen (secondary N) is 2. The molecule has 4 nitrogen and oxygen atoms in total. The van der Waals surface area contributed by atoms with E-state index in [1.54, 1.807) is 12.1 Å². The van der Waals surface area contributed by atoms with Crippen LogP contribution in [-0.2, 0) is 0 Å². The van der Waals surface area contributed by atoms with Gasteiger partial charge in [-0.3, -0.25) is 4.79 Å². The lowest BCUT2D eigenvalue weighted by Gasteiger charge is -2.07. The average molecular weight is 441 g/mol. The first-order valence-electron chi connectivity index (χ1n) is 8.33.